The zero-order valence-electron chi connectivity index (χ0n) is 13.0. The largest absolute Gasteiger partial charge is 0.385 e. The molecule has 21 heavy (non-hydrogen) atoms. The molecule has 1 aromatic carbocycles. The highest BCUT2D eigenvalue weighted by Crippen LogP contribution is 2.17. The Labute approximate surface area is 125 Å². The molecule has 0 saturated heterocycles. The Morgan fingerprint density at radius 3 is 2.71 bits per heavy atom. The topological polar surface area (TPSA) is 59.0 Å². The molecule has 0 spiro atoms. The minimum atomic E-state index is -0.0714. The standard InChI is InChI=1S/C16H22N4O/c1-5-17-15-7-6-11(2)8-14(15)16(21)18-9-13-10-20(4)19-12(13)3/h6-8,10,17H,5,9H2,1-4H3,(H,18,21). The van der Waals surface area contributed by atoms with Crippen LogP contribution in [0.2, 0.25) is 0 Å². The highest BCUT2D eigenvalue weighted by atomic mass is 16.1. The number of aryl methyl sites for hydroxylation is 3. The summed E-state index contributed by atoms with van der Waals surface area (Å²) in [5, 5.41) is 10.5. The van der Waals surface area contributed by atoms with Gasteiger partial charge in [-0.15, -0.1) is 0 Å². The van der Waals surface area contributed by atoms with E-state index in [-0.39, 0.29) is 5.91 Å². The summed E-state index contributed by atoms with van der Waals surface area (Å²) in [5.41, 5.74) is 4.58. The Morgan fingerprint density at radius 2 is 2.10 bits per heavy atom. The third-order valence-electron chi connectivity index (χ3n) is 3.34. The molecule has 5 heteroatoms. The van der Waals surface area contributed by atoms with Crippen LogP contribution in [-0.2, 0) is 13.6 Å². The third kappa shape index (κ3) is 3.62. The summed E-state index contributed by atoms with van der Waals surface area (Å²) in [6.07, 6.45) is 1.93. The predicted octanol–water partition coefficient (Wildman–Crippen LogP) is 2.40. The second-order valence-corrected chi connectivity index (χ2v) is 5.18. The summed E-state index contributed by atoms with van der Waals surface area (Å²) >= 11 is 0. The maximum Gasteiger partial charge on any atom is 0.253 e. The maximum atomic E-state index is 12.4. The van der Waals surface area contributed by atoms with Crippen LogP contribution in [0.1, 0.15) is 34.1 Å². The number of benzene rings is 1. The lowest BCUT2D eigenvalue weighted by atomic mass is 10.1. The molecule has 0 radical (unpaired) electrons. The minimum Gasteiger partial charge on any atom is -0.385 e. The van der Waals surface area contributed by atoms with E-state index in [1.807, 2.05) is 52.2 Å². The van der Waals surface area contributed by atoms with Gasteiger partial charge >= 0.3 is 0 Å². The SMILES string of the molecule is CCNc1ccc(C)cc1C(=O)NCc1cn(C)nc1C. The van der Waals surface area contributed by atoms with Gasteiger partial charge in [-0.1, -0.05) is 11.6 Å². The van der Waals surface area contributed by atoms with Crippen molar-refractivity contribution >= 4 is 11.6 Å². The number of carbonyl (C=O) groups is 1. The van der Waals surface area contributed by atoms with Crippen LogP contribution in [0.3, 0.4) is 0 Å². The monoisotopic (exact) mass is 286 g/mol. The molecule has 2 aromatic rings. The number of nitrogens with one attached hydrogen (secondary N) is 2. The Morgan fingerprint density at radius 1 is 1.33 bits per heavy atom. The first kappa shape index (κ1) is 15.1. The van der Waals surface area contributed by atoms with Gasteiger partial charge < -0.3 is 10.6 Å². The van der Waals surface area contributed by atoms with Crippen LogP contribution in [0.25, 0.3) is 0 Å². The number of rotatable bonds is 5. The quantitative estimate of drug-likeness (QED) is 0.887. The van der Waals surface area contributed by atoms with Gasteiger partial charge in [0.1, 0.15) is 0 Å². The van der Waals surface area contributed by atoms with Crippen LogP contribution < -0.4 is 10.6 Å². The summed E-state index contributed by atoms with van der Waals surface area (Å²) in [6, 6.07) is 5.85. The number of carbonyl (C=O) groups excluding carboxylic acids is 1. The van der Waals surface area contributed by atoms with Gasteiger partial charge in [0, 0.05) is 37.6 Å². The van der Waals surface area contributed by atoms with Crippen LogP contribution in [0, 0.1) is 13.8 Å². The molecule has 0 aliphatic rings. The summed E-state index contributed by atoms with van der Waals surface area (Å²) in [5.74, 6) is -0.0714. The number of amides is 1. The van der Waals surface area contributed by atoms with Gasteiger partial charge in [0.25, 0.3) is 5.91 Å². The minimum absolute atomic E-state index is 0.0714. The van der Waals surface area contributed by atoms with Gasteiger partial charge in [-0.05, 0) is 32.9 Å². The fourth-order valence-corrected chi connectivity index (χ4v) is 2.28. The normalized spacial score (nSPS) is 10.5. The molecule has 0 aliphatic carbocycles. The summed E-state index contributed by atoms with van der Waals surface area (Å²) in [7, 11) is 1.88. The van der Waals surface area contributed by atoms with Crippen molar-refractivity contribution in [2.24, 2.45) is 7.05 Å². The molecule has 1 heterocycles. The molecule has 0 bridgehead atoms. The smallest absolute Gasteiger partial charge is 0.253 e. The maximum absolute atomic E-state index is 12.4. The van der Waals surface area contributed by atoms with E-state index in [1.54, 1.807) is 4.68 Å². The average Bonchev–Trinajstić information content (AvgIpc) is 2.76. The number of anilines is 1. The molecule has 2 N–H and O–H groups in total. The van der Waals surface area contributed by atoms with Crippen LogP contribution in [0.15, 0.2) is 24.4 Å². The van der Waals surface area contributed by atoms with Crippen molar-refractivity contribution in [3.63, 3.8) is 0 Å². The molecule has 0 fully saturated rings. The summed E-state index contributed by atoms with van der Waals surface area (Å²) in [6.45, 7) is 7.21. The average molecular weight is 286 g/mol. The lowest BCUT2D eigenvalue weighted by molar-refractivity contribution is 0.0951. The lowest BCUT2D eigenvalue weighted by Crippen LogP contribution is -2.24. The Hall–Kier alpha value is -2.30. The predicted molar refractivity (Wildman–Crippen MR) is 84.5 cm³/mol. The fourth-order valence-electron chi connectivity index (χ4n) is 2.28. The van der Waals surface area contributed by atoms with Crippen molar-refractivity contribution in [3.8, 4) is 0 Å². The lowest BCUT2D eigenvalue weighted by Gasteiger charge is -2.12. The molecule has 0 atom stereocenters. The van der Waals surface area contributed by atoms with Gasteiger partial charge in [0.05, 0.1) is 11.3 Å². The van der Waals surface area contributed by atoms with Crippen LogP contribution in [0.4, 0.5) is 5.69 Å². The third-order valence-corrected chi connectivity index (χ3v) is 3.34. The highest BCUT2D eigenvalue weighted by Gasteiger charge is 2.12. The van der Waals surface area contributed by atoms with Gasteiger partial charge in [-0.25, -0.2) is 0 Å². The molecule has 0 unspecified atom stereocenters. The van der Waals surface area contributed by atoms with E-state index in [2.05, 4.69) is 15.7 Å². The van der Waals surface area contributed by atoms with E-state index in [4.69, 9.17) is 0 Å². The number of hydrogen-bond donors (Lipinski definition) is 2. The number of aromatic nitrogens is 2. The van der Waals surface area contributed by atoms with Gasteiger partial charge in [-0.2, -0.15) is 5.10 Å². The fraction of sp³-hybridized carbons (Fsp3) is 0.375. The highest BCUT2D eigenvalue weighted by molar-refractivity contribution is 5.99. The first-order valence-electron chi connectivity index (χ1n) is 7.13. The van der Waals surface area contributed by atoms with E-state index in [1.165, 1.54) is 0 Å². The van der Waals surface area contributed by atoms with E-state index in [0.717, 1.165) is 29.1 Å². The molecule has 112 valence electrons. The van der Waals surface area contributed by atoms with Crippen LogP contribution in [-0.4, -0.2) is 22.2 Å². The van der Waals surface area contributed by atoms with Crippen molar-refractivity contribution in [2.75, 3.05) is 11.9 Å². The number of hydrogen-bond acceptors (Lipinski definition) is 3. The molecule has 0 aliphatic heterocycles. The van der Waals surface area contributed by atoms with Crippen molar-refractivity contribution in [2.45, 2.75) is 27.3 Å². The van der Waals surface area contributed by atoms with Crippen molar-refractivity contribution in [3.05, 3.63) is 46.8 Å². The van der Waals surface area contributed by atoms with Gasteiger partial charge in [0.2, 0.25) is 0 Å². The number of nitrogens with zero attached hydrogens (tertiary/aromatic N) is 2. The Bertz CT molecular complexity index is 646. The molecular weight excluding hydrogens is 264 g/mol. The first-order valence-corrected chi connectivity index (χ1v) is 7.13. The zero-order valence-corrected chi connectivity index (χ0v) is 13.0. The molecule has 5 nitrogen and oxygen atoms in total. The van der Waals surface area contributed by atoms with E-state index in [9.17, 15) is 4.79 Å². The molecule has 1 aromatic heterocycles. The zero-order chi connectivity index (χ0) is 15.4. The molecule has 0 saturated carbocycles. The Balaban J connectivity index is 2.13. The van der Waals surface area contributed by atoms with Crippen LogP contribution >= 0.6 is 0 Å². The summed E-state index contributed by atoms with van der Waals surface area (Å²) in [4.78, 5) is 12.4. The van der Waals surface area contributed by atoms with Crippen molar-refractivity contribution in [1.29, 1.82) is 0 Å². The van der Waals surface area contributed by atoms with Gasteiger partial charge in [0.15, 0.2) is 0 Å². The van der Waals surface area contributed by atoms with E-state index >= 15 is 0 Å². The first-order chi connectivity index (χ1) is 10.0. The molecular formula is C16H22N4O. The van der Waals surface area contributed by atoms with Crippen molar-refractivity contribution < 1.29 is 4.79 Å². The van der Waals surface area contributed by atoms with Crippen LogP contribution in [0.5, 0.6) is 0 Å². The van der Waals surface area contributed by atoms with Crippen molar-refractivity contribution in [1.82, 2.24) is 15.1 Å². The van der Waals surface area contributed by atoms with E-state index < -0.39 is 0 Å². The van der Waals surface area contributed by atoms with E-state index in [0.29, 0.717) is 12.1 Å². The second kappa shape index (κ2) is 6.43. The summed E-state index contributed by atoms with van der Waals surface area (Å²) < 4.78 is 1.76. The molecule has 1 amide bonds. The molecule has 2 rings (SSSR count). The van der Waals surface area contributed by atoms with Gasteiger partial charge in [-0.3, -0.25) is 9.48 Å². The Kier molecular flexibility index (Phi) is 4.62. The second-order valence-electron chi connectivity index (χ2n) is 5.18.